The van der Waals surface area contributed by atoms with E-state index >= 15 is 0 Å². The quantitative estimate of drug-likeness (QED) is 0.908. The molecule has 0 radical (unpaired) electrons. The number of carboxylic acids is 1. The van der Waals surface area contributed by atoms with Gasteiger partial charge in [0, 0.05) is 13.0 Å². The molecule has 0 spiro atoms. The van der Waals surface area contributed by atoms with Crippen molar-refractivity contribution < 1.29 is 19.4 Å². The van der Waals surface area contributed by atoms with Crippen LogP contribution in [0.3, 0.4) is 0 Å². The summed E-state index contributed by atoms with van der Waals surface area (Å²) < 4.78 is 5.33. The highest BCUT2D eigenvalue weighted by molar-refractivity contribution is 5.84. The van der Waals surface area contributed by atoms with Crippen molar-refractivity contribution in [2.75, 3.05) is 13.7 Å². The summed E-state index contributed by atoms with van der Waals surface area (Å²) in [6.07, 6.45) is 2.58. The maximum atomic E-state index is 12.5. The molecule has 1 saturated heterocycles. The molecule has 1 aromatic rings. The minimum atomic E-state index is -0.905. The number of piperidine rings is 1. The van der Waals surface area contributed by atoms with Crippen molar-refractivity contribution in [3.63, 3.8) is 0 Å². The summed E-state index contributed by atoms with van der Waals surface area (Å²) in [4.78, 5) is 25.4. The fourth-order valence-corrected chi connectivity index (χ4v) is 3.05. The van der Waals surface area contributed by atoms with E-state index in [-0.39, 0.29) is 11.8 Å². The molecule has 2 rings (SSSR count). The van der Waals surface area contributed by atoms with Crippen LogP contribution >= 0.6 is 0 Å². The van der Waals surface area contributed by atoms with Crippen LogP contribution < -0.4 is 4.74 Å². The van der Waals surface area contributed by atoms with E-state index in [0.717, 1.165) is 24.2 Å². The maximum Gasteiger partial charge on any atom is 0.326 e. The van der Waals surface area contributed by atoms with Crippen LogP contribution in [0.15, 0.2) is 24.3 Å². The third-order valence-corrected chi connectivity index (χ3v) is 4.26. The zero-order chi connectivity index (χ0) is 16.1. The molecule has 5 nitrogen and oxygen atoms in total. The second-order valence-electron chi connectivity index (χ2n) is 5.78. The first kappa shape index (κ1) is 16.3. The number of ether oxygens (including phenoxy) is 1. The summed E-state index contributed by atoms with van der Waals surface area (Å²) in [6.45, 7) is 2.50. The lowest BCUT2D eigenvalue weighted by Gasteiger charge is -2.33. The van der Waals surface area contributed by atoms with E-state index in [0.29, 0.717) is 19.4 Å². The Morgan fingerprint density at radius 1 is 1.36 bits per heavy atom. The molecule has 22 heavy (non-hydrogen) atoms. The van der Waals surface area contributed by atoms with Crippen LogP contribution in [0.2, 0.25) is 0 Å². The van der Waals surface area contributed by atoms with E-state index in [4.69, 9.17) is 4.74 Å². The monoisotopic (exact) mass is 305 g/mol. The van der Waals surface area contributed by atoms with Gasteiger partial charge in [-0.1, -0.05) is 25.1 Å². The van der Waals surface area contributed by atoms with Gasteiger partial charge in [-0.25, -0.2) is 4.79 Å². The molecule has 2 atom stereocenters. The fraction of sp³-hybridized carbons (Fsp3) is 0.529. The van der Waals surface area contributed by atoms with Crippen LogP contribution in [0.4, 0.5) is 0 Å². The Balaban J connectivity index is 2.08. The number of benzene rings is 1. The molecule has 0 aromatic heterocycles. The molecule has 1 aliphatic heterocycles. The molecule has 1 heterocycles. The number of para-hydroxylation sites is 1. The summed E-state index contributed by atoms with van der Waals surface area (Å²) in [7, 11) is 1.61. The third kappa shape index (κ3) is 3.59. The van der Waals surface area contributed by atoms with Crippen molar-refractivity contribution in [1.29, 1.82) is 0 Å². The molecule has 1 aromatic carbocycles. The van der Waals surface area contributed by atoms with Gasteiger partial charge in [-0.2, -0.15) is 0 Å². The third-order valence-electron chi connectivity index (χ3n) is 4.26. The van der Waals surface area contributed by atoms with Crippen LogP contribution in [0.5, 0.6) is 5.75 Å². The Kier molecular flexibility index (Phi) is 5.41. The molecule has 0 aliphatic carbocycles. The lowest BCUT2D eigenvalue weighted by molar-refractivity contribution is -0.152. The molecular formula is C17H23NO4. The minimum absolute atomic E-state index is 0.0139. The summed E-state index contributed by atoms with van der Waals surface area (Å²) >= 11 is 0. The zero-order valence-corrected chi connectivity index (χ0v) is 13.1. The van der Waals surface area contributed by atoms with E-state index in [9.17, 15) is 14.7 Å². The van der Waals surface area contributed by atoms with Crippen molar-refractivity contribution in [1.82, 2.24) is 4.90 Å². The molecule has 120 valence electrons. The number of aliphatic carboxylic acids is 1. The number of hydrogen-bond acceptors (Lipinski definition) is 3. The van der Waals surface area contributed by atoms with Crippen molar-refractivity contribution in [2.24, 2.45) is 0 Å². The van der Waals surface area contributed by atoms with Crippen LogP contribution in [0.25, 0.3) is 0 Å². The predicted octanol–water partition coefficient (Wildman–Crippen LogP) is 2.65. The molecule has 1 aliphatic rings. The van der Waals surface area contributed by atoms with Crippen molar-refractivity contribution in [2.45, 2.75) is 44.6 Å². The van der Waals surface area contributed by atoms with Crippen LogP contribution in [-0.4, -0.2) is 41.6 Å². The SMILES string of the molecule is COc1ccccc1[C@H](C)CC(=O)N1CCCC[C@@H]1C(=O)O. The first-order valence-electron chi connectivity index (χ1n) is 7.69. The predicted molar refractivity (Wildman–Crippen MR) is 83.0 cm³/mol. The maximum absolute atomic E-state index is 12.5. The Labute approximate surface area is 130 Å². The van der Waals surface area contributed by atoms with Gasteiger partial charge in [-0.15, -0.1) is 0 Å². The van der Waals surface area contributed by atoms with E-state index in [1.807, 2.05) is 31.2 Å². The molecule has 0 unspecified atom stereocenters. The first-order valence-corrected chi connectivity index (χ1v) is 7.69. The number of likely N-dealkylation sites (tertiary alicyclic amines) is 1. The van der Waals surface area contributed by atoms with Crippen LogP contribution in [0.1, 0.15) is 44.1 Å². The lowest BCUT2D eigenvalue weighted by Crippen LogP contribution is -2.48. The van der Waals surface area contributed by atoms with Gasteiger partial charge in [0.15, 0.2) is 0 Å². The smallest absolute Gasteiger partial charge is 0.326 e. The van der Waals surface area contributed by atoms with Crippen molar-refractivity contribution in [3.05, 3.63) is 29.8 Å². The molecule has 0 bridgehead atoms. The van der Waals surface area contributed by atoms with Gasteiger partial charge in [0.1, 0.15) is 11.8 Å². The first-order chi connectivity index (χ1) is 10.5. The van der Waals surface area contributed by atoms with Gasteiger partial charge < -0.3 is 14.7 Å². The Morgan fingerprint density at radius 2 is 2.09 bits per heavy atom. The average molecular weight is 305 g/mol. The van der Waals surface area contributed by atoms with E-state index in [1.165, 1.54) is 4.90 Å². The van der Waals surface area contributed by atoms with Gasteiger partial charge in [0.05, 0.1) is 7.11 Å². The van der Waals surface area contributed by atoms with E-state index < -0.39 is 12.0 Å². The number of carbonyl (C=O) groups excluding carboxylic acids is 1. The van der Waals surface area contributed by atoms with Crippen molar-refractivity contribution in [3.8, 4) is 5.75 Å². The second kappa shape index (κ2) is 7.29. The van der Waals surface area contributed by atoms with Gasteiger partial charge in [-0.3, -0.25) is 4.79 Å². The minimum Gasteiger partial charge on any atom is -0.496 e. The molecule has 1 fully saturated rings. The van der Waals surface area contributed by atoms with Crippen LogP contribution in [0, 0.1) is 0 Å². The summed E-state index contributed by atoms with van der Waals surface area (Å²) in [5.74, 6) is -0.250. The summed E-state index contributed by atoms with van der Waals surface area (Å²) in [5, 5.41) is 9.28. The topological polar surface area (TPSA) is 66.8 Å². The van der Waals surface area contributed by atoms with E-state index in [1.54, 1.807) is 7.11 Å². The summed E-state index contributed by atoms with van der Waals surface area (Å²) in [5.41, 5.74) is 0.974. The second-order valence-corrected chi connectivity index (χ2v) is 5.78. The summed E-state index contributed by atoms with van der Waals surface area (Å²) in [6, 6.07) is 6.95. The Bertz CT molecular complexity index is 543. The molecule has 0 saturated carbocycles. The molecular weight excluding hydrogens is 282 g/mol. The number of nitrogens with zero attached hydrogens (tertiary/aromatic N) is 1. The number of rotatable bonds is 5. The molecule has 1 amide bonds. The standard InChI is InChI=1S/C17H23NO4/c1-12(13-7-3-4-9-15(13)22-2)11-16(19)18-10-6-5-8-14(18)17(20)21/h3-4,7,9,12,14H,5-6,8,10-11H2,1-2H3,(H,20,21)/t12-,14-/m1/s1. The van der Waals surface area contributed by atoms with Crippen LogP contribution in [-0.2, 0) is 9.59 Å². The molecule has 1 N–H and O–H groups in total. The normalized spacial score (nSPS) is 19.5. The highest BCUT2D eigenvalue weighted by atomic mass is 16.5. The highest BCUT2D eigenvalue weighted by Gasteiger charge is 2.32. The lowest BCUT2D eigenvalue weighted by atomic mass is 9.94. The Morgan fingerprint density at radius 3 is 2.77 bits per heavy atom. The fourth-order valence-electron chi connectivity index (χ4n) is 3.05. The zero-order valence-electron chi connectivity index (χ0n) is 13.1. The van der Waals surface area contributed by atoms with Gasteiger partial charge >= 0.3 is 5.97 Å². The van der Waals surface area contributed by atoms with E-state index in [2.05, 4.69) is 0 Å². The Hall–Kier alpha value is -2.04. The number of carboxylic acid groups (broad SMARTS) is 1. The average Bonchev–Trinajstić information content (AvgIpc) is 2.54. The largest absolute Gasteiger partial charge is 0.496 e. The highest BCUT2D eigenvalue weighted by Crippen LogP contribution is 2.30. The van der Waals surface area contributed by atoms with Gasteiger partial charge in [-0.05, 0) is 36.8 Å². The van der Waals surface area contributed by atoms with Crippen molar-refractivity contribution >= 4 is 11.9 Å². The van der Waals surface area contributed by atoms with Gasteiger partial charge in [0.2, 0.25) is 5.91 Å². The van der Waals surface area contributed by atoms with Gasteiger partial charge in [0.25, 0.3) is 0 Å². The number of methoxy groups -OCH3 is 1. The number of carbonyl (C=O) groups is 2. The number of amides is 1. The number of hydrogen-bond donors (Lipinski definition) is 1. The molecule has 5 heteroatoms.